The molecule has 5 heterocycles. The van der Waals surface area contributed by atoms with Crippen molar-refractivity contribution in [3.8, 4) is 5.88 Å². The normalized spacial score (nSPS) is 22.8. The summed E-state index contributed by atoms with van der Waals surface area (Å²) in [5.74, 6) is -1.30. The van der Waals surface area contributed by atoms with Gasteiger partial charge in [-0.15, -0.1) is 0 Å². The number of dihydropyridines is 1. The second kappa shape index (κ2) is 12.4. The van der Waals surface area contributed by atoms with Crippen LogP contribution in [-0.2, 0) is 21.4 Å². The zero-order valence-corrected chi connectivity index (χ0v) is 25.0. The van der Waals surface area contributed by atoms with E-state index < -0.39 is 29.1 Å². The first-order valence-electron chi connectivity index (χ1n) is 14.3. The standard InChI is InChI=1S/C30H36F3N7O4/c1-5-21-18-39(28(42)22-8-9-24(43-3)36-26(22)30(31,32)33)13-14-40(21)23-10-11-29(44-4,19-7-6-12-34-15-19)37-25(23)27(41)35-20-16-38(2)17-20/h6-12,15,20-21,37H,5,13-14,16-18H2,1-4H3,(H,35,41)/t21-,29?/m1/s1. The number of aromatic nitrogens is 2. The van der Waals surface area contributed by atoms with Gasteiger partial charge in [-0.25, -0.2) is 4.98 Å². The number of hydrogen-bond donors (Lipinski definition) is 2. The maximum Gasteiger partial charge on any atom is 0.434 e. The number of carbonyl (C=O) groups is 2. The summed E-state index contributed by atoms with van der Waals surface area (Å²) in [5.41, 5.74) is -1.38. The van der Waals surface area contributed by atoms with E-state index in [0.717, 1.165) is 19.2 Å². The van der Waals surface area contributed by atoms with E-state index in [9.17, 15) is 22.8 Å². The molecule has 0 saturated carbocycles. The molecule has 2 amide bonds. The molecule has 2 saturated heterocycles. The fourth-order valence-electron chi connectivity index (χ4n) is 5.84. The highest BCUT2D eigenvalue weighted by Gasteiger charge is 2.42. The smallest absolute Gasteiger partial charge is 0.434 e. The second-order valence-electron chi connectivity index (χ2n) is 11.0. The first kappa shape index (κ1) is 31.3. The molecule has 2 atom stereocenters. The molecule has 0 spiro atoms. The van der Waals surface area contributed by atoms with Crippen molar-refractivity contribution in [3.05, 3.63) is 77.0 Å². The van der Waals surface area contributed by atoms with E-state index in [0.29, 0.717) is 23.4 Å². The van der Waals surface area contributed by atoms with Crippen LogP contribution in [0.5, 0.6) is 5.88 Å². The SMILES string of the molecule is CC[C@@H]1CN(C(=O)c2ccc(OC)nc2C(F)(F)F)CCN1C1=C(C(=O)NC2CN(C)C2)NC(OC)(c2cccnc2)C=C1. The number of nitrogens with one attached hydrogen (secondary N) is 2. The van der Waals surface area contributed by atoms with Crippen LogP contribution >= 0.6 is 0 Å². The maximum atomic E-state index is 13.8. The number of likely N-dealkylation sites (tertiary alicyclic amines) is 1. The highest BCUT2D eigenvalue weighted by molar-refractivity contribution is 5.96. The predicted octanol–water partition coefficient (Wildman–Crippen LogP) is 2.34. The number of allylic oxidation sites excluding steroid dienone is 1. The molecule has 2 aromatic heterocycles. The zero-order chi connectivity index (χ0) is 31.6. The Labute approximate surface area is 253 Å². The van der Waals surface area contributed by atoms with Gasteiger partial charge in [-0.2, -0.15) is 13.2 Å². The maximum absolute atomic E-state index is 13.8. The molecule has 3 aliphatic heterocycles. The summed E-state index contributed by atoms with van der Waals surface area (Å²) in [6, 6.07) is 5.67. The van der Waals surface area contributed by atoms with Gasteiger partial charge in [0.15, 0.2) is 11.4 Å². The van der Waals surface area contributed by atoms with E-state index in [4.69, 9.17) is 9.47 Å². The van der Waals surface area contributed by atoms with E-state index in [-0.39, 0.29) is 43.5 Å². The quantitative estimate of drug-likeness (QED) is 0.462. The van der Waals surface area contributed by atoms with E-state index in [1.54, 1.807) is 18.5 Å². The van der Waals surface area contributed by atoms with Crippen LogP contribution in [0.1, 0.15) is 35.0 Å². The zero-order valence-electron chi connectivity index (χ0n) is 25.0. The third kappa shape index (κ3) is 6.09. The summed E-state index contributed by atoms with van der Waals surface area (Å²) in [4.78, 5) is 40.5. The summed E-state index contributed by atoms with van der Waals surface area (Å²) in [6.07, 6.45) is 2.67. The largest absolute Gasteiger partial charge is 0.481 e. The third-order valence-corrected chi connectivity index (χ3v) is 8.21. The fourth-order valence-corrected chi connectivity index (χ4v) is 5.84. The number of amides is 2. The Bertz CT molecular complexity index is 1450. The van der Waals surface area contributed by atoms with Gasteiger partial charge in [-0.05, 0) is 37.8 Å². The number of carbonyl (C=O) groups excluding carboxylic acids is 2. The van der Waals surface area contributed by atoms with Gasteiger partial charge < -0.3 is 34.8 Å². The van der Waals surface area contributed by atoms with E-state index in [1.807, 2.05) is 37.1 Å². The van der Waals surface area contributed by atoms with Gasteiger partial charge in [0.05, 0.1) is 24.4 Å². The van der Waals surface area contributed by atoms with Gasteiger partial charge in [0.25, 0.3) is 11.8 Å². The van der Waals surface area contributed by atoms with Crippen molar-refractivity contribution in [2.24, 2.45) is 0 Å². The Morgan fingerprint density at radius 2 is 1.93 bits per heavy atom. The number of nitrogens with zero attached hydrogens (tertiary/aromatic N) is 5. The number of halogens is 3. The molecular weight excluding hydrogens is 579 g/mol. The summed E-state index contributed by atoms with van der Waals surface area (Å²) < 4.78 is 52.3. The van der Waals surface area contributed by atoms with Crippen molar-refractivity contribution >= 4 is 11.8 Å². The van der Waals surface area contributed by atoms with Crippen molar-refractivity contribution in [1.82, 2.24) is 35.3 Å². The summed E-state index contributed by atoms with van der Waals surface area (Å²) in [5, 5.41) is 6.41. The predicted molar refractivity (Wildman–Crippen MR) is 154 cm³/mol. The first-order valence-corrected chi connectivity index (χ1v) is 14.3. The molecule has 11 nitrogen and oxygen atoms in total. The molecule has 5 rings (SSSR count). The number of hydrogen-bond acceptors (Lipinski definition) is 9. The molecule has 1 unspecified atom stereocenters. The van der Waals surface area contributed by atoms with Crippen molar-refractivity contribution in [2.75, 3.05) is 54.0 Å². The lowest BCUT2D eigenvalue weighted by molar-refractivity contribution is -0.141. The Morgan fingerprint density at radius 3 is 2.55 bits per heavy atom. The van der Waals surface area contributed by atoms with Gasteiger partial charge in [-0.3, -0.25) is 14.6 Å². The van der Waals surface area contributed by atoms with Gasteiger partial charge in [0, 0.05) is 69.9 Å². The third-order valence-electron chi connectivity index (χ3n) is 8.21. The minimum Gasteiger partial charge on any atom is -0.481 e. The number of pyridine rings is 2. The molecule has 44 heavy (non-hydrogen) atoms. The Hall–Kier alpha value is -4.17. The van der Waals surface area contributed by atoms with Gasteiger partial charge in [0.1, 0.15) is 5.70 Å². The van der Waals surface area contributed by atoms with Crippen molar-refractivity contribution in [2.45, 2.75) is 37.3 Å². The molecule has 14 heteroatoms. The van der Waals surface area contributed by atoms with Crippen LogP contribution in [0.4, 0.5) is 13.2 Å². The molecule has 2 N–H and O–H groups in total. The molecule has 0 aromatic carbocycles. The lowest BCUT2D eigenvalue weighted by Crippen LogP contribution is -2.60. The van der Waals surface area contributed by atoms with Crippen LogP contribution in [0.3, 0.4) is 0 Å². The number of ether oxygens (including phenoxy) is 2. The summed E-state index contributed by atoms with van der Waals surface area (Å²) in [7, 11) is 4.72. The Kier molecular flexibility index (Phi) is 8.84. The van der Waals surface area contributed by atoms with Gasteiger partial charge in [0.2, 0.25) is 5.88 Å². The minimum atomic E-state index is -4.84. The molecule has 236 valence electrons. The van der Waals surface area contributed by atoms with Gasteiger partial charge >= 0.3 is 6.18 Å². The van der Waals surface area contributed by atoms with Crippen LogP contribution in [0.2, 0.25) is 0 Å². The summed E-state index contributed by atoms with van der Waals surface area (Å²) in [6.45, 7) is 3.95. The molecule has 0 radical (unpaired) electrons. The van der Waals surface area contributed by atoms with Crippen molar-refractivity contribution in [3.63, 3.8) is 0 Å². The molecule has 0 bridgehead atoms. The molecule has 2 fully saturated rings. The minimum absolute atomic E-state index is 0.0123. The number of rotatable bonds is 8. The average Bonchev–Trinajstić information content (AvgIpc) is 3.02. The van der Waals surface area contributed by atoms with Crippen LogP contribution in [0, 0.1) is 0 Å². The molecule has 2 aromatic rings. The van der Waals surface area contributed by atoms with E-state index in [2.05, 4.69) is 25.5 Å². The lowest BCUT2D eigenvalue weighted by atomic mass is 9.97. The van der Waals surface area contributed by atoms with E-state index in [1.165, 1.54) is 25.2 Å². The number of likely N-dealkylation sites (N-methyl/N-ethyl adjacent to an activating group) is 1. The Morgan fingerprint density at radius 1 is 1.16 bits per heavy atom. The average molecular weight is 616 g/mol. The van der Waals surface area contributed by atoms with Crippen LogP contribution in [-0.4, -0.2) is 103 Å². The van der Waals surface area contributed by atoms with E-state index >= 15 is 0 Å². The lowest BCUT2D eigenvalue weighted by Gasteiger charge is -2.46. The highest BCUT2D eigenvalue weighted by atomic mass is 19.4. The number of alkyl halides is 3. The summed E-state index contributed by atoms with van der Waals surface area (Å²) >= 11 is 0. The monoisotopic (exact) mass is 615 g/mol. The van der Waals surface area contributed by atoms with Crippen molar-refractivity contribution in [1.29, 1.82) is 0 Å². The van der Waals surface area contributed by atoms with Crippen LogP contribution in [0.25, 0.3) is 0 Å². The van der Waals surface area contributed by atoms with Crippen LogP contribution < -0.4 is 15.4 Å². The second-order valence-corrected chi connectivity index (χ2v) is 11.0. The molecule has 3 aliphatic rings. The molecule has 0 aliphatic carbocycles. The number of piperazine rings is 1. The van der Waals surface area contributed by atoms with Crippen molar-refractivity contribution < 1.29 is 32.2 Å². The van der Waals surface area contributed by atoms with Gasteiger partial charge in [-0.1, -0.05) is 13.0 Å². The molecular formula is C30H36F3N7O4. The highest BCUT2D eigenvalue weighted by Crippen LogP contribution is 2.35. The number of methoxy groups -OCH3 is 2. The van der Waals surface area contributed by atoms with Crippen LogP contribution in [0.15, 0.2) is 60.2 Å². The topological polar surface area (TPSA) is 112 Å². The first-order chi connectivity index (χ1) is 21.0. The Balaban J connectivity index is 1.44. The fraction of sp³-hybridized carbons (Fsp3) is 0.467.